The largest absolute Gasteiger partial charge is 0.465 e. The summed E-state index contributed by atoms with van der Waals surface area (Å²) in [7, 11) is 0. The lowest BCUT2D eigenvalue weighted by molar-refractivity contribution is -0.165. The summed E-state index contributed by atoms with van der Waals surface area (Å²) in [6.45, 7) is 7.28. The van der Waals surface area contributed by atoms with Crippen LogP contribution in [0.3, 0.4) is 0 Å². The third kappa shape index (κ3) is 3.22. The van der Waals surface area contributed by atoms with E-state index in [9.17, 15) is 14.7 Å². The van der Waals surface area contributed by atoms with E-state index in [0.29, 0.717) is 18.6 Å². The van der Waals surface area contributed by atoms with Crippen LogP contribution in [-0.2, 0) is 19.1 Å². The van der Waals surface area contributed by atoms with Crippen molar-refractivity contribution in [1.29, 1.82) is 0 Å². The highest BCUT2D eigenvalue weighted by Gasteiger charge is 2.48. The summed E-state index contributed by atoms with van der Waals surface area (Å²) in [5, 5.41) is 9.86. The molecule has 25 heavy (non-hydrogen) atoms. The number of hydrogen-bond acceptors (Lipinski definition) is 6. The number of esters is 2. The minimum atomic E-state index is -1.03. The van der Waals surface area contributed by atoms with E-state index < -0.39 is 5.41 Å². The Bertz CT molecular complexity index is 574. The Morgan fingerprint density at radius 2 is 2.04 bits per heavy atom. The van der Waals surface area contributed by atoms with Gasteiger partial charge in [-0.15, -0.1) is 0 Å². The van der Waals surface area contributed by atoms with Crippen molar-refractivity contribution in [2.45, 2.75) is 52.2 Å². The number of rotatable bonds is 1. The average Bonchev–Trinajstić information content (AvgIpc) is 3.18. The number of cyclic esters (lactones) is 1. The Hall–Kier alpha value is -1.40. The van der Waals surface area contributed by atoms with Gasteiger partial charge in [0.1, 0.15) is 6.10 Å². The minimum Gasteiger partial charge on any atom is -0.465 e. The molecule has 0 amide bonds. The Morgan fingerprint density at radius 1 is 1.32 bits per heavy atom. The van der Waals surface area contributed by atoms with Gasteiger partial charge in [0.05, 0.1) is 24.7 Å². The smallest absolute Gasteiger partial charge is 0.334 e. The lowest BCUT2D eigenvalue weighted by atomic mass is 9.75. The SMILES string of the molecule is C/C=C1/C[C@H](C)[C@@](C)(CO)C(=O)OC[C@H]2CCN3CC[C@H](OC1=O)[C@H]23. The molecule has 140 valence electrons. The molecule has 0 spiro atoms. The van der Waals surface area contributed by atoms with Gasteiger partial charge < -0.3 is 14.6 Å². The van der Waals surface area contributed by atoms with Crippen molar-refractivity contribution in [3.8, 4) is 0 Å². The van der Waals surface area contributed by atoms with Crippen molar-refractivity contribution in [3.63, 3.8) is 0 Å². The maximum atomic E-state index is 12.7. The number of hydrogen-bond donors (Lipinski definition) is 1. The van der Waals surface area contributed by atoms with Crippen molar-refractivity contribution in [2.24, 2.45) is 17.3 Å². The Morgan fingerprint density at radius 3 is 2.72 bits per heavy atom. The van der Waals surface area contributed by atoms with Gasteiger partial charge in [-0.3, -0.25) is 9.69 Å². The fraction of sp³-hybridized carbons (Fsp3) is 0.789. The zero-order chi connectivity index (χ0) is 18.2. The zero-order valence-corrected chi connectivity index (χ0v) is 15.4. The molecule has 0 unspecified atom stereocenters. The third-order valence-corrected chi connectivity index (χ3v) is 6.48. The van der Waals surface area contributed by atoms with Crippen molar-refractivity contribution in [1.82, 2.24) is 4.90 Å². The van der Waals surface area contributed by atoms with Crippen LogP contribution in [0.5, 0.6) is 0 Å². The number of carbonyl (C=O) groups excluding carboxylic acids is 2. The lowest BCUT2D eigenvalue weighted by Gasteiger charge is -2.34. The van der Waals surface area contributed by atoms with E-state index >= 15 is 0 Å². The summed E-state index contributed by atoms with van der Waals surface area (Å²) in [5.74, 6) is -0.723. The quantitative estimate of drug-likeness (QED) is 0.570. The summed E-state index contributed by atoms with van der Waals surface area (Å²) in [6.07, 6.45) is 3.78. The summed E-state index contributed by atoms with van der Waals surface area (Å²) < 4.78 is 11.5. The van der Waals surface area contributed by atoms with Crippen LogP contribution in [0.25, 0.3) is 0 Å². The molecule has 0 aromatic heterocycles. The fourth-order valence-corrected chi connectivity index (χ4v) is 4.38. The van der Waals surface area contributed by atoms with E-state index in [-0.39, 0.29) is 42.5 Å². The molecule has 6 heteroatoms. The maximum Gasteiger partial charge on any atom is 0.334 e. The molecular weight excluding hydrogens is 322 g/mol. The number of nitrogens with zero attached hydrogens (tertiary/aromatic N) is 1. The first kappa shape index (κ1) is 18.4. The Balaban J connectivity index is 1.90. The zero-order valence-electron chi connectivity index (χ0n) is 15.4. The summed E-state index contributed by atoms with van der Waals surface area (Å²) in [6, 6.07) is 0.132. The van der Waals surface area contributed by atoms with Crippen LogP contribution in [0.15, 0.2) is 11.6 Å². The lowest BCUT2D eigenvalue weighted by Crippen LogP contribution is -2.44. The normalized spacial score (nSPS) is 41.7. The molecule has 3 aliphatic rings. The second-order valence-corrected chi connectivity index (χ2v) is 7.90. The monoisotopic (exact) mass is 351 g/mol. The Kier molecular flexibility index (Phi) is 5.21. The van der Waals surface area contributed by atoms with E-state index in [2.05, 4.69) is 4.90 Å². The van der Waals surface area contributed by atoms with Gasteiger partial charge in [0.15, 0.2) is 0 Å². The van der Waals surface area contributed by atoms with E-state index in [1.54, 1.807) is 13.0 Å². The molecule has 3 rings (SSSR count). The fourth-order valence-electron chi connectivity index (χ4n) is 4.38. The standard InChI is InChI=1S/C19H29NO5/c1-4-13-9-12(2)19(3,11-21)18(23)24-10-14-5-7-20-8-6-15(16(14)20)25-17(13)22/h4,12,14-16,21H,5-11H2,1-3H3/b13-4-/t12-,14+,15-,16-,19+/m0/s1. The van der Waals surface area contributed by atoms with E-state index in [1.807, 2.05) is 13.8 Å². The summed E-state index contributed by atoms with van der Waals surface area (Å²) in [4.78, 5) is 27.7. The predicted octanol–water partition coefficient (Wildman–Crippen LogP) is 1.52. The molecule has 0 radical (unpaired) electrons. The number of allylic oxidation sites excluding steroid dienone is 1. The number of ether oxygens (including phenoxy) is 2. The summed E-state index contributed by atoms with van der Waals surface area (Å²) in [5.41, 5.74) is -0.463. The van der Waals surface area contributed by atoms with Crippen molar-refractivity contribution < 1.29 is 24.2 Å². The van der Waals surface area contributed by atoms with Gasteiger partial charge in [0.25, 0.3) is 0 Å². The van der Waals surface area contributed by atoms with E-state index in [1.165, 1.54) is 0 Å². The van der Waals surface area contributed by atoms with Crippen LogP contribution in [0.4, 0.5) is 0 Å². The van der Waals surface area contributed by atoms with Crippen LogP contribution in [0.2, 0.25) is 0 Å². The van der Waals surface area contributed by atoms with Gasteiger partial charge in [-0.1, -0.05) is 13.0 Å². The van der Waals surface area contributed by atoms with E-state index in [0.717, 1.165) is 25.9 Å². The molecule has 6 nitrogen and oxygen atoms in total. The van der Waals surface area contributed by atoms with Crippen molar-refractivity contribution in [2.75, 3.05) is 26.3 Å². The molecule has 0 aromatic carbocycles. The van der Waals surface area contributed by atoms with Gasteiger partial charge in [-0.25, -0.2) is 4.79 Å². The van der Waals surface area contributed by atoms with Gasteiger partial charge in [-0.05, 0) is 45.6 Å². The first-order chi connectivity index (χ1) is 11.9. The van der Waals surface area contributed by atoms with E-state index in [4.69, 9.17) is 9.47 Å². The molecule has 0 saturated carbocycles. The maximum absolute atomic E-state index is 12.7. The summed E-state index contributed by atoms with van der Waals surface area (Å²) >= 11 is 0. The van der Waals surface area contributed by atoms with Crippen molar-refractivity contribution >= 4 is 11.9 Å². The van der Waals surface area contributed by atoms with Gasteiger partial charge in [-0.2, -0.15) is 0 Å². The molecule has 3 heterocycles. The number of aliphatic hydroxyl groups is 1. The average molecular weight is 351 g/mol. The third-order valence-electron chi connectivity index (χ3n) is 6.48. The Labute approximate surface area is 149 Å². The molecule has 3 fully saturated rings. The molecule has 0 aliphatic carbocycles. The van der Waals surface area contributed by atoms with Crippen LogP contribution in [-0.4, -0.2) is 60.4 Å². The minimum absolute atomic E-state index is 0.132. The number of carbonyl (C=O) groups is 2. The first-order valence-corrected chi connectivity index (χ1v) is 9.29. The van der Waals surface area contributed by atoms with Gasteiger partial charge in [0.2, 0.25) is 0 Å². The van der Waals surface area contributed by atoms with Gasteiger partial charge >= 0.3 is 11.9 Å². The van der Waals surface area contributed by atoms with Crippen molar-refractivity contribution in [3.05, 3.63) is 11.6 Å². The molecule has 1 N–H and O–H groups in total. The molecule has 0 bridgehead atoms. The highest BCUT2D eigenvalue weighted by Crippen LogP contribution is 2.38. The van der Waals surface area contributed by atoms with Gasteiger partial charge in [0, 0.05) is 18.0 Å². The highest BCUT2D eigenvalue weighted by atomic mass is 16.5. The van der Waals surface area contributed by atoms with Crippen LogP contribution in [0.1, 0.15) is 40.0 Å². The van der Waals surface area contributed by atoms with Crippen LogP contribution < -0.4 is 0 Å². The molecule has 3 saturated heterocycles. The second-order valence-electron chi connectivity index (χ2n) is 7.90. The number of aliphatic hydroxyl groups excluding tert-OH is 1. The molecular formula is C19H29NO5. The molecule has 0 aromatic rings. The predicted molar refractivity (Wildman–Crippen MR) is 91.7 cm³/mol. The van der Waals surface area contributed by atoms with Crippen LogP contribution in [0, 0.1) is 17.3 Å². The molecule has 3 aliphatic heterocycles. The topological polar surface area (TPSA) is 76.1 Å². The first-order valence-electron chi connectivity index (χ1n) is 9.29. The molecule has 5 atom stereocenters. The second kappa shape index (κ2) is 7.08. The highest BCUT2D eigenvalue weighted by molar-refractivity contribution is 5.89. The van der Waals surface area contributed by atoms with Crippen LogP contribution >= 0.6 is 0 Å².